The van der Waals surface area contributed by atoms with E-state index in [0.29, 0.717) is 24.2 Å². The maximum atomic E-state index is 13.1. The predicted molar refractivity (Wildman–Crippen MR) is 131 cm³/mol. The van der Waals surface area contributed by atoms with E-state index >= 15 is 0 Å². The van der Waals surface area contributed by atoms with E-state index < -0.39 is 47.9 Å². The highest BCUT2D eigenvalue weighted by molar-refractivity contribution is 7.98. The van der Waals surface area contributed by atoms with Crippen molar-refractivity contribution in [2.24, 2.45) is 11.7 Å². The van der Waals surface area contributed by atoms with Crippen molar-refractivity contribution in [2.45, 2.75) is 64.2 Å². The number of amides is 3. The Labute approximate surface area is 204 Å². The first kappa shape index (κ1) is 29.2. The number of hydrogen-bond donors (Lipinski definition) is 6. The number of hydrogen-bond acceptors (Lipinski definition) is 7. The second kappa shape index (κ2) is 14.5. The molecule has 7 N–H and O–H groups in total. The number of carboxylic acid groups (broad SMARTS) is 1. The fourth-order valence-corrected chi connectivity index (χ4v) is 3.59. The predicted octanol–water partition coefficient (Wildman–Crippen LogP) is 0.620. The molecule has 0 bridgehead atoms. The summed E-state index contributed by atoms with van der Waals surface area (Å²) in [6.45, 7) is 5.20. The number of carbonyl (C=O) groups excluding carboxylic acids is 3. The number of aliphatic carboxylic acids is 1. The number of rotatable bonds is 14. The third-order valence-corrected chi connectivity index (χ3v) is 5.69. The summed E-state index contributed by atoms with van der Waals surface area (Å²) in [5.41, 5.74) is 6.60. The van der Waals surface area contributed by atoms with Gasteiger partial charge >= 0.3 is 5.97 Å². The summed E-state index contributed by atoms with van der Waals surface area (Å²) in [6, 6.07) is 2.15. The van der Waals surface area contributed by atoms with Gasteiger partial charge in [0.2, 0.25) is 17.7 Å². The third-order valence-electron chi connectivity index (χ3n) is 5.04. The van der Waals surface area contributed by atoms with E-state index in [1.54, 1.807) is 12.1 Å². The number of phenols is 1. The summed E-state index contributed by atoms with van der Waals surface area (Å²) in [5, 5.41) is 26.3. The minimum absolute atomic E-state index is 0.0471. The summed E-state index contributed by atoms with van der Waals surface area (Å²) in [5.74, 6) is -2.08. The Balaban J connectivity index is 3.04. The summed E-state index contributed by atoms with van der Waals surface area (Å²) >= 11 is 1.50. The van der Waals surface area contributed by atoms with Gasteiger partial charge in [-0.05, 0) is 55.4 Å². The van der Waals surface area contributed by atoms with Crippen LogP contribution in [-0.2, 0) is 25.6 Å². The van der Waals surface area contributed by atoms with Crippen LogP contribution in [0.4, 0.5) is 0 Å². The highest BCUT2D eigenvalue weighted by Gasteiger charge is 2.29. The molecule has 0 aliphatic carbocycles. The van der Waals surface area contributed by atoms with Crippen LogP contribution in [0.5, 0.6) is 5.75 Å². The van der Waals surface area contributed by atoms with Crippen LogP contribution < -0.4 is 21.7 Å². The number of aromatic hydroxyl groups is 1. The van der Waals surface area contributed by atoms with Crippen LogP contribution >= 0.6 is 11.8 Å². The number of carbonyl (C=O) groups is 4. The maximum Gasteiger partial charge on any atom is 0.325 e. The normalized spacial score (nSPS) is 14.5. The van der Waals surface area contributed by atoms with E-state index in [1.807, 2.05) is 20.1 Å². The Morgan fingerprint density at radius 3 is 2.03 bits per heavy atom. The molecule has 34 heavy (non-hydrogen) atoms. The lowest BCUT2D eigenvalue weighted by atomic mass is 10.0. The second-order valence-corrected chi connectivity index (χ2v) is 9.56. The average Bonchev–Trinajstić information content (AvgIpc) is 2.76. The molecule has 1 rings (SSSR count). The summed E-state index contributed by atoms with van der Waals surface area (Å²) < 4.78 is 0. The van der Waals surface area contributed by atoms with Gasteiger partial charge in [-0.15, -0.1) is 0 Å². The van der Waals surface area contributed by atoms with Crippen molar-refractivity contribution in [3.8, 4) is 5.75 Å². The molecule has 11 heteroatoms. The first-order valence-electron chi connectivity index (χ1n) is 11.1. The molecule has 0 aromatic heterocycles. The minimum Gasteiger partial charge on any atom is -0.508 e. The van der Waals surface area contributed by atoms with Crippen LogP contribution in [0, 0.1) is 5.92 Å². The summed E-state index contributed by atoms with van der Waals surface area (Å²) in [7, 11) is 0. The molecule has 4 unspecified atom stereocenters. The molecule has 10 nitrogen and oxygen atoms in total. The van der Waals surface area contributed by atoms with Crippen LogP contribution in [0.2, 0.25) is 0 Å². The Kier molecular flexibility index (Phi) is 12.4. The van der Waals surface area contributed by atoms with Gasteiger partial charge in [-0.2, -0.15) is 11.8 Å². The van der Waals surface area contributed by atoms with Gasteiger partial charge in [0.05, 0.1) is 6.04 Å². The topological polar surface area (TPSA) is 171 Å². The van der Waals surface area contributed by atoms with Crippen molar-refractivity contribution in [2.75, 3.05) is 12.0 Å². The number of nitrogens with two attached hydrogens (primary N) is 1. The Hall–Kier alpha value is -2.79. The first-order chi connectivity index (χ1) is 15.9. The SMILES string of the molecule is CSCCC(NC(=O)C(N)CC(C)C)C(=O)NC(Cc1ccc(O)cc1)C(=O)NC(C)C(=O)O. The highest BCUT2D eigenvalue weighted by Crippen LogP contribution is 2.12. The van der Waals surface area contributed by atoms with Crippen molar-refractivity contribution in [3.63, 3.8) is 0 Å². The standard InChI is InChI=1S/C23H36N4O6S/c1-13(2)11-17(24)20(29)26-18(9-10-34-4)21(30)27-19(22(31)25-14(3)23(32)33)12-15-5-7-16(28)8-6-15/h5-8,13-14,17-19,28H,9-12,24H2,1-4H3,(H,25,31)(H,26,29)(H,27,30)(H,32,33). The quantitative estimate of drug-likeness (QED) is 0.218. The molecule has 0 saturated heterocycles. The fourth-order valence-electron chi connectivity index (χ4n) is 3.12. The van der Waals surface area contributed by atoms with Crippen LogP contribution in [-0.4, -0.2) is 70.1 Å². The van der Waals surface area contributed by atoms with Gasteiger partial charge in [0.25, 0.3) is 0 Å². The van der Waals surface area contributed by atoms with Crippen LogP contribution in [0.1, 0.15) is 39.2 Å². The zero-order valence-electron chi connectivity index (χ0n) is 20.0. The molecule has 0 spiro atoms. The van der Waals surface area contributed by atoms with Gasteiger partial charge in [-0.3, -0.25) is 19.2 Å². The van der Waals surface area contributed by atoms with Gasteiger partial charge in [-0.25, -0.2) is 0 Å². The molecular formula is C23H36N4O6S. The Morgan fingerprint density at radius 1 is 0.941 bits per heavy atom. The van der Waals surface area contributed by atoms with Crippen LogP contribution in [0.3, 0.4) is 0 Å². The van der Waals surface area contributed by atoms with Gasteiger partial charge in [-0.1, -0.05) is 26.0 Å². The lowest BCUT2D eigenvalue weighted by molar-refractivity contribution is -0.141. The largest absolute Gasteiger partial charge is 0.508 e. The molecule has 3 amide bonds. The number of phenolic OH excluding ortho intramolecular Hbond substituents is 1. The molecule has 0 aliphatic heterocycles. The van der Waals surface area contributed by atoms with E-state index in [9.17, 15) is 24.3 Å². The van der Waals surface area contributed by atoms with E-state index in [-0.39, 0.29) is 18.1 Å². The third kappa shape index (κ3) is 10.4. The monoisotopic (exact) mass is 496 g/mol. The van der Waals surface area contributed by atoms with Crippen LogP contribution in [0.25, 0.3) is 0 Å². The van der Waals surface area contributed by atoms with Crippen molar-refractivity contribution in [1.82, 2.24) is 16.0 Å². The van der Waals surface area contributed by atoms with E-state index in [1.165, 1.54) is 30.8 Å². The number of benzene rings is 1. The molecule has 1 aromatic rings. The molecular weight excluding hydrogens is 460 g/mol. The summed E-state index contributed by atoms with van der Waals surface area (Å²) in [6.07, 6.45) is 2.71. The lowest BCUT2D eigenvalue weighted by Gasteiger charge is -2.25. The highest BCUT2D eigenvalue weighted by atomic mass is 32.2. The molecule has 0 heterocycles. The summed E-state index contributed by atoms with van der Waals surface area (Å²) in [4.78, 5) is 49.6. The van der Waals surface area contributed by atoms with Gasteiger partial charge in [0.15, 0.2) is 0 Å². The maximum absolute atomic E-state index is 13.1. The number of thioether (sulfide) groups is 1. The van der Waals surface area contributed by atoms with Crippen molar-refractivity contribution >= 4 is 35.5 Å². The molecule has 0 saturated carbocycles. The minimum atomic E-state index is -1.22. The number of nitrogens with one attached hydrogen (secondary N) is 3. The Morgan fingerprint density at radius 2 is 1.50 bits per heavy atom. The van der Waals surface area contributed by atoms with Crippen molar-refractivity contribution < 1.29 is 29.4 Å². The van der Waals surface area contributed by atoms with Gasteiger partial charge in [0, 0.05) is 6.42 Å². The number of carboxylic acids is 1. The molecule has 0 aliphatic rings. The Bertz CT molecular complexity index is 833. The smallest absolute Gasteiger partial charge is 0.325 e. The zero-order chi connectivity index (χ0) is 25.8. The van der Waals surface area contributed by atoms with Gasteiger partial charge in [0.1, 0.15) is 23.9 Å². The zero-order valence-corrected chi connectivity index (χ0v) is 20.9. The molecule has 0 fully saturated rings. The van der Waals surface area contributed by atoms with Gasteiger partial charge < -0.3 is 31.9 Å². The van der Waals surface area contributed by atoms with E-state index in [0.717, 1.165) is 0 Å². The van der Waals surface area contributed by atoms with E-state index in [4.69, 9.17) is 10.8 Å². The average molecular weight is 497 g/mol. The lowest BCUT2D eigenvalue weighted by Crippen LogP contribution is -2.57. The van der Waals surface area contributed by atoms with E-state index in [2.05, 4.69) is 16.0 Å². The van der Waals surface area contributed by atoms with Crippen molar-refractivity contribution in [1.29, 1.82) is 0 Å². The molecule has 190 valence electrons. The van der Waals surface area contributed by atoms with Crippen molar-refractivity contribution in [3.05, 3.63) is 29.8 Å². The molecule has 0 radical (unpaired) electrons. The van der Waals surface area contributed by atoms with Crippen LogP contribution in [0.15, 0.2) is 24.3 Å². The first-order valence-corrected chi connectivity index (χ1v) is 12.5. The molecule has 4 atom stereocenters. The second-order valence-electron chi connectivity index (χ2n) is 8.58. The molecule has 1 aromatic carbocycles. The fraction of sp³-hybridized carbons (Fsp3) is 0.565.